The maximum Gasteiger partial charge on any atom is 0.408 e. The van der Waals surface area contributed by atoms with Crippen LogP contribution in [0.2, 0.25) is 0 Å². The lowest BCUT2D eigenvalue weighted by molar-refractivity contribution is -0.136. The first-order valence-corrected chi connectivity index (χ1v) is 8.12. The smallest absolute Gasteiger partial charge is 0.408 e. The first-order valence-electron chi connectivity index (χ1n) is 8.12. The third-order valence-electron chi connectivity index (χ3n) is 3.11. The first kappa shape index (κ1) is 19.7. The summed E-state index contributed by atoms with van der Waals surface area (Å²) in [6.45, 7) is 7.17. The Morgan fingerprint density at radius 2 is 1.75 bits per heavy atom. The zero-order valence-electron chi connectivity index (χ0n) is 14.7. The average Bonchev–Trinajstić information content (AvgIpc) is 2.49. The molecule has 132 valence electrons. The SMILES string of the molecule is CCCC[C@H](NC(=O)OC(C)(C)C)C(=O)C(=O)Nc1ccccc1. The van der Waals surface area contributed by atoms with Gasteiger partial charge in [0, 0.05) is 5.69 Å². The molecule has 0 saturated heterocycles. The van der Waals surface area contributed by atoms with Crippen LogP contribution in [0.4, 0.5) is 10.5 Å². The summed E-state index contributed by atoms with van der Waals surface area (Å²) in [7, 11) is 0. The van der Waals surface area contributed by atoms with Crippen molar-refractivity contribution in [2.45, 2.75) is 58.6 Å². The van der Waals surface area contributed by atoms with E-state index in [-0.39, 0.29) is 0 Å². The van der Waals surface area contributed by atoms with Gasteiger partial charge in [0.25, 0.3) is 5.91 Å². The Bertz CT molecular complexity index is 564. The van der Waals surface area contributed by atoms with Crippen molar-refractivity contribution in [3.8, 4) is 0 Å². The number of amides is 2. The molecule has 0 aliphatic heterocycles. The Morgan fingerprint density at radius 1 is 1.12 bits per heavy atom. The second kappa shape index (κ2) is 9.05. The highest BCUT2D eigenvalue weighted by Gasteiger charge is 2.28. The number of alkyl carbamates (subject to hydrolysis) is 1. The van der Waals surface area contributed by atoms with Gasteiger partial charge in [-0.15, -0.1) is 0 Å². The zero-order chi connectivity index (χ0) is 18.2. The van der Waals surface area contributed by atoms with Crippen LogP contribution in [0.1, 0.15) is 47.0 Å². The maximum absolute atomic E-state index is 12.4. The van der Waals surface area contributed by atoms with Crippen molar-refractivity contribution >= 4 is 23.5 Å². The van der Waals surface area contributed by atoms with Gasteiger partial charge in [0.2, 0.25) is 5.78 Å². The Labute approximate surface area is 143 Å². The zero-order valence-corrected chi connectivity index (χ0v) is 14.7. The quantitative estimate of drug-likeness (QED) is 0.750. The fourth-order valence-electron chi connectivity index (χ4n) is 2.00. The van der Waals surface area contributed by atoms with E-state index in [0.717, 1.165) is 6.42 Å². The first-order chi connectivity index (χ1) is 11.2. The third kappa shape index (κ3) is 7.26. The molecule has 0 aliphatic carbocycles. The lowest BCUT2D eigenvalue weighted by Gasteiger charge is -2.22. The number of carbonyl (C=O) groups is 3. The molecule has 1 atom stereocenters. The van der Waals surface area contributed by atoms with E-state index in [2.05, 4.69) is 10.6 Å². The minimum atomic E-state index is -0.900. The summed E-state index contributed by atoms with van der Waals surface area (Å²) >= 11 is 0. The van der Waals surface area contributed by atoms with Crippen molar-refractivity contribution in [1.82, 2.24) is 5.32 Å². The Kier molecular flexibility index (Phi) is 7.42. The minimum Gasteiger partial charge on any atom is -0.444 e. The van der Waals surface area contributed by atoms with Crippen LogP contribution in [-0.4, -0.2) is 29.4 Å². The number of hydrogen-bond donors (Lipinski definition) is 2. The molecule has 1 aromatic rings. The van der Waals surface area contributed by atoms with Crippen LogP contribution in [-0.2, 0) is 14.3 Å². The largest absolute Gasteiger partial charge is 0.444 e. The molecule has 0 fully saturated rings. The van der Waals surface area contributed by atoms with E-state index >= 15 is 0 Å². The van der Waals surface area contributed by atoms with Crippen LogP contribution in [0, 0.1) is 0 Å². The number of Topliss-reactive ketones (excluding diaryl/α,β-unsaturated/α-hetero) is 1. The highest BCUT2D eigenvalue weighted by molar-refractivity contribution is 6.42. The normalized spacial score (nSPS) is 12.2. The van der Waals surface area contributed by atoms with Gasteiger partial charge in [0.05, 0.1) is 0 Å². The maximum atomic E-state index is 12.4. The molecule has 1 aromatic carbocycles. The highest BCUT2D eigenvalue weighted by atomic mass is 16.6. The van der Waals surface area contributed by atoms with Gasteiger partial charge < -0.3 is 15.4 Å². The standard InChI is InChI=1S/C18H26N2O4/c1-5-6-12-14(20-17(23)24-18(2,3)4)15(21)16(22)19-13-10-8-7-9-11-13/h7-11,14H,5-6,12H2,1-4H3,(H,19,22)(H,20,23)/t14-/m0/s1. The van der Waals surface area contributed by atoms with Crippen LogP contribution in [0.5, 0.6) is 0 Å². The molecule has 0 heterocycles. The summed E-state index contributed by atoms with van der Waals surface area (Å²) in [5.41, 5.74) is -0.142. The second-order valence-corrected chi connectivity index (χ2v) is 6.53. The molecule has 6 heteroatoms. The second-order valence-electron chi connectivity index (χ2n) is 6.53. The van der Waals surface area contributed by atoms with Crippen LogP contribution in [0.15, 0.2) is 30.3 Å². The molecule has 1 rings (SSSR count). The number of para-hydroxylation sites is 1. The van der Waals surface area contributed by atoms with E-state index in [1.165, 1.54) is 0 Å². The Hall–Kier alpha value is -2.37. The lowest BCUT2D eigenvalue weighted by Crippen LogP contribution is -2.47. The topological polar surface area (TPSA) is 84.5 Å². The number of nitrogens with one attached hydrogen (secondary N) is 2. The van der Waals surface area contributed by atoms with Gasteiger partial charge in [0.15, 0.2) is 0 Å². The Balaban J connectivity index is 2.73. The number of unbranched alkanes of at least 4 members (excludes halogenated alkanes) is 1. The summed E-state index contributed by atoms with van der Waals surface area (Å²) in [6.07, 6.45) is 1.24. The van der Waals surface area contributed by atoms with Gasteiger partial charge in [-0.1, -0.05) is 38.0 Å². The van der Waals surface area contributed by atoms with Gasteiger partial charge >= 0.3 is 6.09 Å². The summed E-state index contributed by atoms with van der Waals surface area (Å²) in [6, 6.07) is 7.80. The van der Waals surface area contributed by atoms with Crippen molar-refractivity contribution < 1.29 is 19.1 Å². The fourth-order valence-corrected chi connectivity index (χ4v) is 2.00. The van der Waals surface area contributed by atoms with Gasteiger partial charge in [-0.05, 0) is 39.3 Å². The number of benzene rings is 1. The van der Waals surface area contributed by atoms with Crippen molar-refractivity contribution in [3.05, 3.63) is 30.3 Å². The summed E-state index contributed by atoms with van der Waals surface area (Å²) < 4.78 is 5.16. The molecule has 24 heavy (non-hydrogen) atoms. The van der Waals surface area contributed by atoms with Gasteiger partial charge in [0.1, 0.15) is 11.6 Å². The van der Waals surface area contributed by atoms with Crippen molar-refractivity contribution in [3.63, 3.8) is 0 Å². The van der Waals surface area contributed by atoms with E-state index in [1.54, 1.807) is 45.0 Å². The third-order valence-corrected chi connectivity index (χ3v) is 3.11. The summed E-state index contributed by atoms with van der Waals surface area (Å²) in [4.78, 5) is 36.4. The number of carbonyl (C=O) groups excluding carboxylic acids is 3. The van der Waals surface area contributed by atoms with Crippen molar-refractivity contribution in [1.29, 1.82) is 0 Å². The van der Waals surface area contributed by atoms with Crippen LogP contribution < -0.4 is 10.6 Å². The van der Waals surface area contributed by atoms with Gasteiger partial charge in [-0.2, -0.15) is 0 Å². The van der Waals surface area contributed by atoms with Crippen LogP contribution in [0.3, 0.4) is 0 Å². The molecule has 0 bridgehead atoms. The molecule has 2 N–H and O–H groups in total. The predicted molar refractivity (Wildman–Crippen MR) is 92.8 cm³/mol. The van der Waals surface area contributed by atoms with E-state index in [0.29, 0.717) is 18.5 Å². The molecule has 0 spiro atoms. The molecule has 0 unspecified atom stereocenters. The molecular weight excluding hydrogens is 308 g/mol. The van der Waals surface area contributed by atoms with E-state index in [4.69, 9.17) is 4.74 Å². The molecule has 0 aliphatic rings. The number of anilines is 1. The molecule has 0 radical (unpaired) electrons. The van der Waals surface area contributed by atoms with Crippen LogP contribution >= 0.6 is 0 Å². The summed E-state index contributed by atoms with van der Waals surface area (Å²) in [5, 5.41) is 5.04. The summed E-state index contributed by atoms with van der Waals surface area (Å²) in [5.74, 6) is -1.43. The molecule has 2 amide bonds. The predicted octanol–water partition coefficient (Wildman–Crippen LogP) is 3.28. The van der Waals surface area contributed by atoms with Crippen LogP contribution in [0.25, 0.3) is 0 Å². The van der Waals surface area contributed by atoms with E-state index in [1.807, 2.05) is 13.0 Å². The van der Waals surface area contributed by atoms with E-state index in [9.17, 15) is 14.4 Å². The molecule has 0 saturated carbocycles. The van der Waals surface area contributed by atoms with E-state index < -0.39 is 29.4 Å². The lowest BCUT2D eigenvalue weighted by atomic mass is 10.0. The number of rotatable bonds is 7. The number of ether oxygens (including phenoxy) is 1. The number of hydrogen-bond acceptors (Lipinski definition) is 4. The fraction of sp³-hybridized carbons (Fsp3) is 0.500. The van der Waals surface area contributed by atoms with Gasteiger partial charge in [-0.25, -0.2) is 4.79 Å². The highest BCUT2D eigenvalue weighted by Crippen LogP contribution is 2.10. The Morgan fingerprint density at radius 3 is 2.29 bits per heavy atom. The monoisotopic (exact) mass is 334 g/mol. The van der Waals surface area contributed by atoms with Crippen molar-refractivity contribution in [2.75, 3.05) is 5.32 Å². The van der Waals surface area contributed by atoms with Gasteiger partial charge in [-0.3, -0.25) is 9.59 Å². The molecular formula is C18H26N2O4. The number of ketones is 1. The molecule has 0 aromatic heterocycles. The average molecular weight is 334 g/mol. The van der Waals surface area contributed by atoms with Crippen molar-refractivity contribution in [2.24, 2.45) is 0 Å². The minimum absolute atomic E-state index is 0.386. The molecule has 6 nitrogen and oxygen atoms in total.